The summed E-state index contributed by atoms with van der Waals surface area (Å²) in [6, 6.07) is 20.3. The zero-order valence-corrected chi connectivity index (χ0v) is 26.8. The van der Waals surface area contributed by atoms with Crippen molar-refractivity contribution >= 4 is 0 Å². The molecule has 0 aliphatic rings. The summed E-state index contributed by atoms with van der Waals surface area (Å²) in [6.07, 6.45) is 6.94. The number of nitrogens with zero attached hydrogens (tertiary/aromatic N) is 8. The van der Waals surface area contributed by atoms with E-state index in [1.807, 2.05) is 70.7 Å². The van der Waals surface area contributed by atoms with Crippen LogP contribution in [0.5, 0.6) is 11.5 Å². The normalized spacial score (nSPS) is 10.0. The third-order valence-electron chi connectivity index (χ3n) is 5.59. The van der Waals surface area contributed by atoms with E-state index in [2.05, 4.69) is 42.7 Å². The standard InChI is InChI=1S/2C12H12FN2O.C7H5N4.Ir/c2*1-3-16-12-8-9(13)4-5-10(12)11-6-7-15(2)14-11;1-2-4-8-6(3-1)7-5-9-11-10-7;/h2*4,6-8H,3H2,1-2H3;1-5H;/q3*-1;+3. The number of aromatic nitrogens is 8. The SMILES string of the molecule is CCOc1cc(F)c[c-]c1-c1ccn(C)n1.CCOc1cc(F)c[c-]c1-c1ccn(C)n1.[Ir+3].c1ccc(-c2cnn[n-]2)nc1. The molecule has 13 heteroatoms. The topological polar surface area (TPSA) is 107 Å². The van der Waals surface area contributed by atoms with Crippen molar-refractivity contribution < 1.29 is 38.4 Å². The van der Waals surface area contributed by atoms with Crippen LogP contribution in [0.25, 0.3) is 33.9 Å². The first-order valence-electron chi connectivity index (χ1n) is 13.3. The number of hydrogen-bond donors (Lipinski definition) is 0. The largest absolute Gasteiger partial charge is 3.00 e. The van der Waals surface area contributed by atoms with Gasteiger partial charge in [-0.3, -0.25) is 28.3 Å². The summed E-state index contributed by atoms with van der Waals surface area (Å²) in [6.45, 7) is 4.68. The summed E-state index contributed by atoms with van der Waals surface area (Å²) in [4.78, 5) is 4.08. The molecule has 10 nitrogen and oxygen atoms in total. The molecule has 0 spiro atoms. The molecule has 0 aliphatic heterocycles. The second-order valence-electron chi connectivity index (χ2n) is 8.76. The van der Waals surface area contributed by atoms with Gasteiger partial charge in [0.1, 0.15) is 0 Å². The zero-order chi connectivity index (χ0) is 30.6. The predicted molar refractivity (Wildman–Crippen MR) is 156 cm³/mol. The Balaban J connectivity index is 0.000000181. The molecular weight excluding hydrogens is 747 g/mol. The van der Waals surface area contributed by atoms with Gasteiger partial charge < -0.3 is 19.7 Å². The van der Waals surface area contributed by atoms with Crippen LogP contribution in [-0.2, 0) is 34.2 Å². The Kier molecular flexibility index (Phi) is 12.9. The smallest absolute Gasteiger partial charge is 0.537 e. The fraction of sp³-hybridized carbons (Fsp3) is 0.194. The molecule has 0 bridgehead atoms. The van der Waals surface area contributed by atoms with Gasteiger partial charge in [0.25, 0.3) is 0 Å². The van der Waals surface area contributed by atoms with Crippen LogP contribution in [0.4, 0.5) is 8.78 Å². The molecule has 2 aromatic carbocycles. The number of aryl methyl sites for hydroxylation is 2. The predicted octanol–water partition coefficient (Wildman–Crippen LogP) is 5.34. The average Bonchev–Trinajstić information content (AvgIpc) is 3.78. The second kappa shape index (κ2) is 16.8. The molecule has 0 saturated heterocycles. The minimum Gasteiger partial charge on any atom is -0.537 e. The Labute approximate surface area is 267 Å². The van der Waals surface area contributed by atoms with Crippen molar-refractivity contribution in [2.75, 3.05) is 13.2 Å². The zero-order valence-electron chi connectivity index (χ0n) is 24.4. The van der Waals surface area contributed by atoms with E-state index in [4.69, 9.17) is 9.47 Å². The molecule has 6 rings (SSSR count). The molecule has 4 aromatic heterocycles. The quantitative estimate of drug-likeness (QED) is 0.200. The van der Waals surface area contributed by atoms with Crippen LogP contribution in [0.15, 0.2) is 79.4 Å². The molecule has 0 N–H and O–H groups in total. The van der Waals surface area contributed by atoms with Gasteiger partial charge >= 0.3 is 20.1 Å². The molecule has 0 atom stereocenters. The van der Waals surface area contributed by atoms with E-state index in [0.29, 0.717) is 41.5 Å². The van der Waals surface area contributed by atoms with E-state index < -0.39 is 0 Å². The van der Waals surface area contributed by atoms with Gasteiger partial charge in [-0.2, -0.15) is 0 Å². The van der Waals surface area contributed by atoms with Crippen LogP contribution >= 0.6 is 0 Å². The molecule has 44 heavy (non-hydrogen) atoms. The van der Waals surface area contributed by atoms with Crippen molar-refractivity contribution in [2.45, 2.75) is 13.8 Å². The van der Waals surface area contributed by atoms with Gasteiger partial charge in [0.15, 0.2) is 0 Å². The van der Waals surface area contributed by atoms with Crippen LogP contribution in [0, 0.1) is 23.8 Å². The summed E-state index contributed by atoms with van der Waals surface area (Å²) < 4.78 is 40.2. The minimum absolute atomic E-state index is 0. The van der Waals surface area contributed by atoms with E-state index in [1.165, 1.54) is 24.3 Å². The molecule has 228 valence electrons. The van der Waals surface area contributed by atoms with Crippen molar-refractivity contribution in [3.05, 3.63) is 103 Å². The van der Waals surface area contributed by atoms with Crippen LogP contribution in [0.2, 0.25) is 0 Å². The number of hydrogen-bond acceptors (Lipinski definition) is 7. The van der Waals surface area contributed by atoms with Gasteiger partial charge in [0.05, 0.1) is 18.9 Å². The summed E-state index contributed by atoms with van der Waals surface area (Å²) in [5.74, 6) is 0.230. The van der Waals surface area contributed by atoms with Gasteiger partial charge in [-0.15, -0.1) is 24.3 Å². The van der Waals surface area contributed by atoms with Gasteiger partial charge in [-0.25, -0.2) is 10.2 Å². The molecule has 0 amide bonds. The average molecular weight is 776 g/mol. The van der Waals surface area contributed by atoms with Crippen molar-refractivity contribution in [3.8, 4) is 45.4 Å². The van der Waals surface area contributed by atoms with Gasteiger partial charge in [0, 0.05) is 67.2 Å². The summed E-state index contributed by atoms with van der Waals surface area (Å²) >= 11 is 0. The van der Waals surface area contributed by atoms with Crippen molar-refractivity contribution in [1.29, 1.82) is 0 Å². The monoisotopic (exact) mass is 776 g/mol. The molecule has 0 saturated carbocycles. The van der Waals surface area contributed by atoms with Crippen molar-refractivity contribution in [2.24, 2.45) is 14.1 Å². The van der Waals surface area contributed by atoms with E-state index >= 15 is 0 Å². The van der Waals surface area contributed by atoms with Crippen LogP contribution in [0.1, 0.15) is 13.8 Å². The number of pyridine rings is 1. The molecule has 0 unspecified atom stereocenters. The Hall–Kier alpha value is -4.74. The molecule has 0 fully saturated rings. The van der Waals surface area contributed by atoms with Crippen molar-refractivity contribution in [1.82, 2.24) is 40.0 Å². The Morgan fingerprint density at radius 2 is 1.34 bits per heavy atom. The van der Waals surface area contributed by atoms with E-state index in [0.717, 1.165) is 17.1 Å². The first-order chi connectivity index (χ1) is 20.9. The number of ether oxygens (including phenoxy) is 2. The first kappa shape index (κ1) is 33.8. The van der Waals surface area contributed by atoms with Crippen LogP contribution in [0.3, 0.4) is 0 Å². The summed E-state index contributed by atoms with van der Waals surface area (Å²) in [5.41, 5.74) is 4.34. The second-order valence-corrected chi connectivity index (χ2v) is 8.76. The molecule has 6 aromatic rings. The summed E-state index contributed by atoms with van der Waals surface area (Å²) in [7, 11) is 3.65. The Morgan fingerprint density at radius 1 is 0.795 bits per heavy atom. The summed E-state index contributed by atoms with van der Waals surface area (Å²) in [5, 5.41) is 19.3. The number of halogens is 2. The van der Waals surface area contributed by atoms with Gasteiger partial charge in [-0.05, 0) is 31.7 Å². The van der Waals surface area contributed by atoms with Gasteiger partial charge in [-0.1, -0.05) is 47.7 Å². The van der Waals surface area contributed by atoms with E-state index in [9.17, 15) is 8.78 Å². The van der Waals surface area contributed by atoms with Crippen molar-refractivity contribution in [3.63, 3.8) is 0 Å². The maximum atomic E-state index is 13.1. The van der Waals surface area contributed by atoms with E-state index in [-0.39, 0.29) is 31.7 Å². The Morgan fingerprint density at radius 3 is 1.73 bits per heavy atom. The third-order valence-corrected chi connectivity index (χ3v) is 5.59. The number of rotatable bonds is 7. The molecule has 4 heterocycles. The number of benzene rings is 2. The fourth-order valence-electron chi connectivity index (χ4n) is 3.75. The maximum Gasteiger partial charge on any atom is 3.00 e. The first-order valence-corrected chi connectivity index (χ1v) is 13.3. The molecule has 0 aliphatic carbocycles. The van der Waals surface area contributed by atoms with Crippen LogP contribution in [-0.4, -0.2) is 48.1 Å². The minimum atomic E-state index is -0.358. The van der Waals surface area contributed by atoms with Gasteiger partial charge in [0.2, 0.25) is 0 Å². The third kappa shape index (κ3) is 9.38. The molecular formula is C31H29F2IrN8O2. The fourth-order valence-corrected chi connectivity index (χ4v) is 3.75. The molecule has 0 radical (unpaired) electrons. The maximum absolute atomic E-state index is 13.1. The van der Waals surface area contributed by atoms with E-state index in [1.54, 1.807) is 21.8 Å². The van der Waals surface area contributed by atoms with Crippen LogP contribution < -0.4 is 14.6 Å². The Bertz CT molecular complexity index is 1620.